The van der Waals surface area contributed by atoms with Crippen molar-refractivity contribution in [3.8, 4) is 22.8 Å². The molecule has 1 aromatic heterocycles. The molecule has 2 unspecified atom stereocenters. The van der Waals surface area contributed by atoms with Crippen molar-refractivity contribution >= 4 is 11.7 Å². The normalized spacial score (nSPS) is 19.2. The lowest BCUT2D eigenvalue weighted by atomic mass is 9.97. The number of hydrogen-bond donors (Lipinski definition) is 3. The van der Waals surface area contributed by atoms with Crippen LogP contribution in [-0.4, -0.2) is 55.5 Å². The SMILES string of the molecule is COc1ccc(C2CC(C(F)F)n3nc(-c4ccc(CC(=O)NC5CNC5)cc4)cc3N2)cc1OC. The quantitative estimate of drug-likeness (QED) is 0.441. The largest absolute Gasteiger partial charge is 0.493 e. The number of nitrogens with zero attached hydrogens (tertiary/aromatic N) is 2. The summed E-state index contributed by atoms with van der Waals surface area (Å²) in [5, 5.41) is 14.0. The number of fused-ring (bicyclic) bond motifs is 1. The van der Waals surface area contributed by atoms with Crippen LogP contribution in [0.15, 0.2) is 48.5 Å². The highest BCUT2D eigenvalue weighted by molar-refractivity contribution is 5.79. The van der Waals surface area contributed by atoms with E-state index in [1.807, 2.05) is 36.4 Å². The van der Waals surface area contributed by atoms with Gasteiger partial charge in [-0.3, -0.25) is 4.79 Å². The Kier molecular flexibility index (Phi) is 6.77. The molecule has 2 aliphatic rings. The van der Waals surface area contributed by atoms with Gasteiger partial charge in [-0.25, -0.2) is 13.5 Å². The molecule has 0 bridgehead atoms. The molecule has 36 heavy (non-hydrogen) atoms. The molecule has 5 rings (SSSR count). The lowest BCUT2D eigenvalue weighted by Crippen LogP contribution is -2.57. The number of alkyl halides is 2. The van der Waals surface area contributed by atoms with Crippen molar-refractivity contribution in [2.45, 2.75) is 37.4 Å². The van der Waals surface area contributed by atoms with E-state index >= 15 is 0 Å². The molecule has 0 aliphatic carbocycles. The molecule has 0 radical (unpaired) electrons. The summed E-state index contributed by atoms with van der Waals surface area (Å²) in [4.78, 5) is 12.2. The molecular formula is C26H29F2N5O3. The van der Waals surface area contributed by atoms with E-state index in [4.69, 9.17) is 9.47 Å². The Labute approximate surface area is 208 Å². The third kappa shape index (κ3) is 4.86. The number of methoxy groups -OCH3 is 2. The molecule has 190 valence electrons. The number of ether oxygens (including phenoxy) is 2. The van der Waals surface area contributed by atoms with Crippen LogP contribution in [0.1, 0.15) is 29.6 Å². The van der Waals surface area contributed by atoms with Gasteiger partial charge >= 0.3 is 0 Å². The van der Waals surface area contributed by atoms with E-state index in [1.54, 1.807) is 26.4 Å². The molecule has 0 saturated carbocycles. The average molecular weight is 498 g/mol. The number of nitrogens with one attached hydrogen (secondary N) is 3. The number of rotatable bonds is 8. The topological polar surface area (TPSA) is 89.4 Å². The van der Waals surface area contributed by atoms with Crippen LogP contribution in [0.2, 0.25) is 0 Å². The summed E-state index contributed by atoms with van der Waals surface area (Å²) in [6, 6.07) is 13.5. The Morgan fingerprint density at radius 2 is 1.86 bits per heavy atom. The summed E-state index contributed by atoms with van der Waals surface area (Å²) in [6.07, 6.45) is -2.11. The predicted octanol–water partition coefficient (Wildman–Crippen LogP) is 3.56. The number of anilines is 1. The summed E-state index contributed by atoms with van der Waals surface area (Å²) in [5.74, 6) is 1.63. The first-order valence-electron chi connectivity index (χ1n) is 11.9. The molecule has 2 atom stereocenters. The number of halogens is 2. The minimum Gasteiger partial charge on any atom is -0.493 e. The van der Waals surface area contributed by atoms with E-state index in [0.717, 1.165) is 29.8 Å². The van der Waals surface area contributed by atoms with Crippen LogP contribution in [0.5, 0.6) is 11.5 Å². The average Bonchev–Trinajstić information content (AvgIpc) is 3.29. The molecular weight excluding hydrogens is 468 g/mol. The van der Waals surface area contributed by atoms with Crippen LogP contribution in [0.4, 0.5) is 14.6 Å². The molecule has 0 spiro atoms. The van der Waals surface area contributed by atoms with Gasteiger partial charge in [-0.2, -0.15) is 5.10 Å². The van der Waals surface area contributed by atoms with E-state index in [2.05, 4.69) is 21.0 Å². The van der Waals surface area contributed by atoms with Crippen LogP contribution < -0.4 is 25.4 Å². The predicted molar refractivity (Wildman–Crippen MR) is 132 cm³/mol. The highest BCUT2D eigenvalue weighted by Gasteiger charge is 2.35. The molecule has 10 heteroatoms. The van der Waals surface area contributed by atoms with Crippen molar-refractivity contribution in [2.24, 2.45) is 0 Å². The van der Waals surface area contributed by atoms with Crippen LogP contribution in [0.25, 0.3) is 11.3 Å². The fraction of sp³-hybridized carbons (Fsp3) is 0.385. The molecule has 1 fully saturated rings. The summed E-state index contributed by atoms with van der Waals surface area (Å²) in [7, 11) is 3.10. The van der Waals surface area contributed by atoms with Crippen LogP contribution in [0, 0.1) is 0 Å². The molecule has 3 heterocycles. The summed E-state index contributed by atoms with van der Waals surface area (Å²) >= 11 is 0. The first kappa shape index (κ1) is 24.1. The number of amides is 1. The Morgan fingerprint density at radius 1 is 1.11 bits per heavy atom. The van der Waals surface area contributed by atoms with Gasteiger partial charge in [0.25, 0.3) is 6.43 Å². The molecule has 1 saturated heterocycles. The maximum atomic E-state index is 14.1. The van der Waals surface area contributed by atoms with Gasteiger partial charge in [0.15, 0.2) is 11.5 Å². The highest BCUT2D eigenvalue weighted by Crippen LogP contribution is 2.41. The van der Waals surface area contributed by atoms with Gasteiger partial charge < -0.3 is 25.4 Å². The highest BCUT2D eigenvalue weighted by atomic mass is 19.3. The zero-order valence-corrected chi connectivity index (χ0v) is 20.1. The minimum atomic E-state index is -2.58. The van der Waals surface area contributed by atoms with Crippen LogP contribution in [0.3, 0.4) is 0 Å². The standard InChI is InChI=1S/C26H29F2N5O3/c1-35-22-8-7-17(10-23(22)36-2)19-11-21(26(27)28)33-24(31-19)12-20(32-33)16-5-3-15(4-6-16)9-25(34)30-18-13-29-14-18/h3-8,10,12,18-19,21,26,29,31H,9,11,13-14H2,1-2H3,(H,30,34). The van der Waals surface area contributed by atoms with Gasteiger partial charge in [-0.15, -0.1) is 0 Å². The van der Waals surface area contributed by atoms with E-state index < -0.39 is 12.5 Å². The summed E-state index contributed by atoms with van der Waals surface area (Å²) in [6.45, 7) is 1.60. The number of benzene rings is 2. The van der Waals surface area contributed by atoms with Crippen molar-refractivity contribution in [1.82, 2.24) is 20.4 Å². The van der Waals surface area contributed by atoms with Crippen molar-refractivity contribution in [3.63, 3.8) is 0 Å². The molecule has 2 aliphatic heterocycles. The molecule has 2 aromatic carbocycles. The van der Waals surface area contributed by atoms with Gasteiger partial charge in [0.05, 0.1) is 38.4 Å². The smallest absolute Gasteiger partial charge is 0.260 e. The maximum Gasteiger partial charge on any atom is 0.260 e. The molecule has 1 amide bonds. The third-order valence-electron chi connectivity index (χ3n) is 6.71. The Balaban J connectivity index is 1.35. The first-order chi connectivity index (χ1) is 17.4. The maximum absolute atomic E-state index is 14.1. The lowest BCUT2D eigenvalue weighted by molar-refractivity contribution is -0.121. The third-order valence-corrected chi connectivity index (χ3v) is 6.71. The molecule has 8 nitrogen and oxygen atoms in total. The van der Waals surface area contributed by atoms with E-state index in [1.165, 1.54) is 4.68 Å². The fourth-order valence-electron chi connectivity index (χ4n) is 4.62. The number of hydrogen-bond acceptors (Lipinski definition) is 6. The molecule has 3 N–H and O–H groups in total. The van der Waals surface area contributed by atoms with E-state index in [-0.39, 0.29) is 24.4 Å². The van der Waals surface area contributed by atoms with Crippen molar-refractivity contribution in [2.75, 3.05) is 32.6 Å². The number of carbonyl (C=O) groups excluding carboxylic acids is 1. The van der Waals surface area contributed by atoms with Crippen LogP contribution >= 0.6 is 0 Å². The van der Waals surface area contributed by atoms with Gasteiger partial charge in [-0.05, 0) is 29.7 Å². The summed E-state index contributed by atoms with van der Waals surface area (Å²) in [5.41, 5.74) is 3.09. The van der Waals surface area contributed by atoms with Gasteiger partial charge in [0.1, 0.15) is 11.9 Å². The minimum absolute atomic E-state index is 0.0168. The zero-order chi connectivity index (χ0) is 25.2. The Bertz CT molecular complexity index is 1230. The lowest BCUT2D eigenvalue weighted by Gasteiger charge is -2.32. The first-order valence-corrected chi connectivity index (χ1v) is 11.9. The van der Waals surface area contributed by atoms with Crippen molar-refractivity contribution in [3.05, 3.63) is 59.7 Å². The van der Waals surface area contributed by atoms with Gasteiger partial charge in [0.2, 0.25) is 5.91 Å². The van der Waals surface area contributed by atoms with E-state index in [0.29, 0.717) is 29.4 Å². The second kappa shape index (κ2) is 10.1. The number of aromatic nitrogens is 2. The fourth-order valence-corrected chi connectivity index (χ4v) is 4.62. The van der Waals surface area contributed by atoms with Crippen molar-refractivity contribution in [1.29, 1.82) is 0 Å². The second-order valence-electron chi connectivity index (χ2n) is 9.10. The Morgan fingerprint density at radius 3 is 2.50 bits per heavy atom. The number of carbonyl (C=O) groups is 1. The van der Waals surface area contributed by atoms with E-state index in [9.17, 15) is 13.6 Å². The summed E-state index contributed by atoms with van der Waals surface area (Å²) < 4.78 is 40.2. The van der Waals surface area contributed by atoms with Gasteiger partial charge in [-0.1, -0.05) is 30.3 Å². The monoisotopic (exact) mass is 497 g/mol. The van der Waals surface area contributed by atoms with Gasteiger partial charge in [0, 0.05) is 24.7 Å². The second-order valence-corrected chi connectivity index (χ2v) is 9.10. The van der Waals surface area contributed by atoms with Crippen LogP contribution in [-0.2, 0) is 11.2 Å². The Hall–Kier alpha value is -3.66. The zero-order valence-electron chi connectivity index (χ0n) is 20.1. The van der Waals surface area contributed by atoms with Crippen molar-refractivity contribution < 1.29 is 23.0 Å². The molecule has 3 aromatic rings.